The molecule has 0 bridgehead atoms. The quantitative estimate of drug-likeness (QED) is 0.790. The van der Waals surface area contributed by atoms with Crippen LogP contribution < -0.4 is 5.32 Å². The van der Waals surface area contributed by atoms with Gasteiger partial charge in [0.25, 0.3) is 0 Å². The summed E-state index contributed by atoms with van der Waals surface area (Å²) in [7, 11) is 0. The second-order valence-electron chi connectivity index (χ2n) is 4.50. The fourth-order valence-corrected chi connectivity index (χ4v) is 2.52. The molecule has 0 radical (unpaired) electrons. The van der Waals surface area contributed by atoms with E-state index in [-0.39, 0.29) is 5.92 Å². The number of rotatable bonds is 7. The van der Waals surface area contributed by atoms with Gasteiger partial charge in [0.2, 0.25) is 5.89 Å². The molecule has 1 heterocycles. The number of hydrogen-bond donors (Lipinski definition) is 1. The van der Waals surface area contributed by atoms with E-state index < -0.39 is 0 Å². The van der Waals surface area contributed by atoms with E-state index in [1.165, 1.54) is 0 Å². The Morgan fingerprint density at radius 3 is 2.80 bits per heavy atom. The summed E-state index contributed by atoms with van der Waals surface area (Å²) in [4.78, 5) is 5.57. The van der Waals surface area contributed by atoms with Crippen molar-refractivity contribution in [3.8, 4) is 0 Å². The molecule has 1 atom stereocenters. The first-order chi connectivity index (χ1) is 9.69. The largest absolute Gasteiger partial charge is 0.339 e. The summed E-state index contributed by atoms with van der Waals surface area (Å²) in [6, 6.07) is 7.73. The molecule has 6 heteroatoms. The number of halogens is 1. The molecule has 2 rings (SSSR count). The van der Waals surface area contributed by atoms with Crippen LogP contribution in [0.25, 0.3) is 0 Å². The summed E-state index contributed by atoms with van der Waals surface area (Å²) in [5.74, 6) is 2.34. The van der Waals surface area contributed by atoms with Crippen LogP contribution in [0.4, 0.5) is 0 Å². The number of likely N-dealkylation sites (N-methyl/N-ethyl adjacent to an activating group) is 1. The maximum atomic E-state index is 5.85. The highest BCUT2D eigenvalue weighted by atomic mass is 35.5. The monoisotopic (exact) mass is 311 g/mol. The van der Waals surface area contributed by atoms with Crippen LogP contribution in [0.5, 0.6) is 0 Å². The Morgan fingerprint density at radius 2 is 2.10 bits per heavy atom. The lowest BCUT2D eigenvalue weighted by molar-refractivity contribution is 0.352. The average Bonchev–Trinajstić information content (AvgIpc) is 2.93. The third kappa shape index (κ3) is 4.51. The smallest absolute Gasteiger partial charge is 0.230 e. The van der Waals surface area contributed by atoms with Gasteiger partial charge in [0.05, 0.1) is 5.75 Å². The summed E-state index contributed by atoms with van der Waals surface area (Å²) in [6.45, 7) is 5.95. The van der Waals surface area contributed by atoms with Gasteiger partial charge in [-0.25, -0.2) is 0 Å². The van der Waals surface area contributed by atoms with E-state index in [9.17, 15) is 0 Å². The van der Waals surface area contributed by atoms with Crippen molar-refractivity contribution in [2.24, 2.45) is 0 Å². The molecule has 0 saturated carbocycles. The van der Waals surface area contributed by atoms with Gasteiger partial charge in [0, 0.05) is 22.4 Å². The van der Waals surface area contributed by atoms with Crippen molar-refractivity contribution >= 4 is 23.4 Å². The van der Waals surface area contributed by atoms with E-state index in [2.05, 4.69) is 29.3 Å². The molecular weight excluding hydrogens is 294 g/mol. The van der Waals surface area contributed by atoms with E-state index in [1.807, 2.05) is 24.3 Å². The molecule has 1 N–H and O–H groups in total. The molecule has 4 nitrogen and oxygen atoms in total. The maximum absolute atomic E-state index is 5.85. The molecule has 1 aromatic heterocycles. The fraction of sp³-hybridized carbons (Fsp3) is 0.429. The summed E-state index contributed by atoms with van der Waals surface area (Å²) >= 11 is 7.52. The zero-order valence-corrected chi connectivity index (χ0v) is 13.2. The topological polar surface area (TPSA) is 51.0 Å². The highest BCUT2D eigenvalue weighted by Gasteiger charge is 2.13. The lowest BCUT2D eigenvalue weighted by atomic mass is 10.2. The molecule has 0 aliphatic heterocycles. The van der Waals surface area contributed by atoms with Crippen LogP contribution in [0.2, 0.25) is 5.02 Å². The second kappa shape index (κ2) is 7.67. The average molecular weight is 312 g/mol. The van der Waals surface area contributed by atoms with E-state index in [1.54, 1.807) is 11.8 Å². The van der Waals surface area contributed by atoms with Crippen molar-refractivity contribution in [2.45, 2.75) is 30.4 Å². The van der Waals surface area contributed by atoms with Crippen molar-refractivity contribution in [3.63, 3.8) is 0 Å². The van der Waals surface area contributed by atoms with Crippen molar-refractivity contribution in [1.82, 2.24) is 15.5 Å². The van der Waals surface area contributed by atoms with E-state index in [0.717, 1.165) is 28.8 Å². The summed E-state index contributed by atoms with van der Waals surface area (Å²) in [6.07, 6.45) is 0. The maximum Gasteiger partial charge on any atom is 0.230 e. The highest BCUT2D eigenvalue weighted by molar-refractivity contribution is 7.98. The molecule has 0 amide bonds. The van der Waals surface area contributed by atoms with Crippen molar-refractivity contribution in [3.05, 3.63) is 41.0 Å². The minimum absolute atomic E-state index is 0.233. The number of aromatic nitrogens is 2. The van der Waals surface area contributed by atoms with Crippen LogP contribution in [-0.2, 0) is 5.75 Å². The van der Waals surface area contributed by atoms with Crippen LogP contribution in [0.3, 0.4) is 0 Å². The molecule has 0 saturated heterocycles. The summed E-state index contributed by atoms with van der Waals surface area (Å²) in [5.41, 5.74) is 0. The Hall–Kier alpha value is -1.04. The fourth-order valence-electron chi connectivity index (χ4n) is 1.65. The van der Waals surface area contributed by atoms with Gasteiger partial charge in [0.1, 0.15) is 0 Å². The molecule has 1 unspecified atom stereocenters. The van der Waals surface area contributed by atoms with Gasteiger partial charge >= 0.3 is 0 Å². The Kier molecular flexibility index (Phi) is 5.88. The molecule has 0 spiro atoms. The van der Waals surface area contributed by atoms with Gasteiger partial charge in [-0.2, -0.15) is 4.98 Å². The third-order valence-electron chi connectivity index (χ3n) is 2.79. The summed E-state index contributed by atoms with van der Waals surface area (Å²) in [5, 5.41) is 8.03. The third-order valence-corrected chi connectivity index (χ3v) is 4.05. The lowest BCUT2D eigenvalue weighted by Gasteiger charge is -2.05. The number of thioether (sulfide) groups is 1. The van der Waals surface area contributed by atoms with Crippen LogP contribution in [0.1, 0.15) is 31.5 Å². The number of nitrogens with zero attached hydrogens (tertiary/aromatic N) is 2. The molecule has 0 fully saturated rings. The van der Waals surface area contributed by atoms with Crippen LogP contribution in [0.15, 0.2) is 33.7 Å². The SMILES string of the molecule is CCNCC(C)c1nc(CSc2ccc(Cl)cc2)no1. The normalized spacial score (nSPS) is 12.6. The van der Waals surface area contributed by atoms with Crippen molar-refractivity contribution < 1.29 is 4.52 Å². The Morgan fingerprint density at radius 1 is 1.35 bits per heavy atom. The first-order valence-corrected chi connectivity index (χ1v) is 7.97. The van der Waals surface area contributed by atoms with Gasteiger partial charge in [-0.1, -0.05) is 30.6 Å². The molecular formula is C14H18ClN3OS. The van der Waals surface area contributed by atoms with Gasteiger partial charge in [-0.3, -0.25) is 0 Å². The molecule has 1 aromatic carbocycles. The van der Waals surface area contributed by atoms with E-state index >= 15 is 0 Å². The Labute approximate surface area is 128 Å². The first kappa shape index (κ1) is 15.4. The predicted molar refractivity (Wildman–Crippen MR) is 82.3 cm³/mol. The highest BCUT2D eigenvalue weighted by Crippen LogP contribution is 2.23. The molecule has 2 aromatic rings. The Bertz CT molecular complexity index is 529. The number of nitrogens with one attached hydrogen (secondary N) is 1. The second-order valence-corrected chi connectivity index (χ2v) is 5.99. The van der Waals surface area contributed by atoms with Gasteiger partial charge in [-0.05, 0) is 30.8 Å². The van der Waals surface area contributed by atoms with Gasteiger partial charge in [0.15, 0.2) is 5.82 Å². The Balaban J connectivity index is 1.87. The minimum atomic E-state index is 0.233. The standard InChI is InChI=1S/C14H18ClN3OS/c1-3-16-8-10(2)14-17-13(18-19-14)9-20-12-6-4-11(15)5-7-12/h4-7,10,16H,3,8-9H2,1-2H3. The van der Waals surface area contributed by atoms with Crippen LogP contribution >= 0.6 is 23.4 Å². The first-order valence-electron chi connectivity index (χ1n) is 6.60. The van der Waals surface area contributed by atoms with Gasteiger partial charge in [-0.15, -0.1) is 11.8 Å². The zero-order chi connectivity index (χ0) is 14.4. The minimum Gasteiger partial charge on any atom is -0.339 e. The van der Waals surface area contributed by atoms with Crippen LogP contribution in [-0.4, -0.2) is 23.2 Å². The van der Waals surface area contributed by atoms with Crippen molar-refractivity contribution in [2.75, 3.05) is 13.1 Å². The summed E-state index contributed by atoms with van der Waals surface area (Å²) < 4.78 is 5.30. The van der Waals surface area contributed by atoms with Gasteiger partial charge < -0.3 is 9.84 Å². The van der Waals surface area contributed by atoms with E-state index in [4.69, 9.17) is 16.1 Å². The number of benzene rings is 1. The number of hydrogen-bond acceptors (Lipinski definition) is 5. The predicted octanol–water partition coefficient (Wildman–Crippen LogP) is 3.73. The lowest BCUT2D eigenvalue weighted by Crippen LogP contribution is -2.19. The molecule has 0 aliphatic carbocycles. The molecule has 20 heavy (non-hydrogen) atoms. The molecule has 0 aliphatic rings. The van der Waals surface area contributed by atoms with E-state index in [0.29, 0.717) is 11.6 Å². The van der Waals surface area contributed by atoms with Crippen LogP contribution in [0, 0.1) is 0 Å². The zero-order valence-electron chi connectivity index (χ0n) is 11.6. The van der Waals surface area contributed by atoms with Crippen molar-refractivity contribution in [1.29, 1.82) is 0 Å². The molecule has 108 valence electrons.